The van der Waals surface area contributed by atoms with E-state index in [4.69, 9.17) is 0 Å². The van der Waals surface area contributed by atoms with Crippen LogP contribution < -0.4 is 10.6 Å². The molecule has 20 heavy (non-hydrogen) atoms. The van der Waals surface area contributed by atoms with Gasteiger partial charge in [0.25, 0.3) is 0 Å². The molecule has 1 amide bonds. The minimum atomic E-state index is 0.114. The molecule has 0 atom stereocenters. The molecule has 0 heterocycles. The van der Waals surface area contributed by atoms with Crippen LogP contribution in [0.2, 0.25) is 0 Å². The van der Waals surface area contributed by atoms with Gasteiger partial charge in [0.1, 0.15) is 0 Å². The third-order valence-electron chi connectivity index (χ3n) is 3.17. The van der Waals surface area contributed by atoms with Gasteiger partial charge in [0.2, 0.25) is 5.91 Å². The molecule has 0 aromatic heterocycles. The van der Waals surface area contributed by atoms with Crippen molar-refractivity contribution >= 4 is 17.7 Å². The average molecular weight is 292 g/mol. The second-order valence-electron chi connectivity index (χ2n) is 5.79. The van der Waals surface area contributed by atoms with Crippen LogP contribution in [-0.2, 0) is 11.3 Å². The van der Waals surface area contributed by atoms with E-state index in [9.17, 15) is 4.79 Å². The third-order valence-corrected chi connectivity index (χ3v) is 4.18. The van der Waals surface area contributed by atoms with Crippen LogP contribution in [0, 0.1) is 5.92 Å². The highest BCUT2D eigenvalue weighted by atomic mass is 32.2. The predicted molar refractivity (Wildman–Crippen MR) is 84.9 cm³/mol. The Kier molecular flexibility index (Phi) is 5.92. The molecule has 1 fully saturated rings. The summed E-state index contributed by atoms with van der Waals surface area (Å²) in [5, 5.41) is 6.43. The lowest BCUT2D eigenvalue weighted by Crippen LogP contribution is -2.28. The Bertz CT molecular complexity index is 427. The molecule has 1 saturated carbocycles. The minimum absolute atomic E-state index is 0.114. The Hall–Kier alpha value is -1.00. The molecule has 2 N–H and O–H groups in total. The fourth-order valence-corrected chi connectivity index (χ4v) is 2.50. The van der Waals surface area contributed by atoms with Gasteiger partial charge in [-0.2, -0.15) is 0 Å². The lowest BCUT2D eigenvalue weighted by Gasteiger charge is -2.08. The van der Waals surface area contributed by atoms with Crippen LogP contribution in [-0.4, -0.2) is 24.2 Å². The number of nitrogens with one attached hydrogen (secondary N) is 2. The maximum absolute atomic E-state index is 11.6. The van der Waals surface area contributed by atoms with Gasteiger partial charge in [-0.1, -0.05) is 26.0 Å². The van der Waals surface area contributed by atoms with Gasteiger partial charge in [-0.25, -0.2) is 0 Å². The van der Waals surface area contributed by atoms with Crippen molar-refractivity contribution in [2.24, 2.45) is 5.92 Å². The monoisotopic (exact) mass is 292 g/mol. The highest BCUT2D eigenvalue weighted by Crippen LogP contribution is 2.21. The van der Waals surface area contributed by atoms with Crippen LogP contribution in [0.15, 0.2) is 29.2 Å². The van der Waals surface area contributed by atoms with Crippen LogP contribution >= 0.6 is 11.8 Å². The maximum atomic E-state index is 11.6. The Morgan fingerprint density at radius 3 is 2.60 bits per heavy atom. The first-order valence-corrected chi connectivity index (χ1v) is 8.34. The largest absolute Gasteiger partial charge is 0.355 e. The zero-order valence-electron chi connectivity index (χ0n) is 12.3. The lowest BCUT2D eigenvalue weighted by atomic mass is 10.2. The van der Waals surface area contributed by atoms with E-state index in [0.29, 0.717) is 11.7 Å². The summed E-state index contributed by atoms with van der Waals surface area (Å²) in [6.45, 7) is 5.90. The topological polar surface area (TPSA) is 41.1 Å². The first-order chi connectivity index (χ1) is 9.63. The molecule has 1 aromatic carbocycles. The smallest absolute Gasteiger partial charge is 0.230 e. The normalized spacial score (nSPS) is 14.6. The van der Waals surface area contributed by atoms with Crippen molar-refractivity contribution in [3.05, 3.63) is 29.8 Å². The van der Waals surface area contributed by atoms with Gasteiger partial charge < -0.3 is 10.6 Å². The van der Waals surface area contributed by atoms with Crippen molar-refractivity contribution in [2.75, 3.05) is 12.3 Å². The zero-order chi connectivity index (χ0) is 14.4. The zero-order valence-corrected chi connectivity index (χ0v) is 13.1. The summed E-state index contributed by atoms with van der Waals surface area (Å²) >= 11 is 1.59. The Labute approximate surface area is 125 Å². The number of hydrogen-bond acceptors (Lipinski definition) is 3. The number of carbonyl (C=O) groups excluding carboxylic acids is 1. The van der Waals surface area contributed by atoms with E-state index in [1.807, 2.05) is 0 Å². The molecule has 3 nitrogen and oxygen atoms in total. The highest BCUT2D eigenvalue weighted by molar-refractivity contribution is 8.00. The Morgan fingerprint density at radius 1 is 1.30 bits per heavy atom. The van der Waals surface area contributed by atoms with Gasteiger partial charge in [-0.3, -0.25) is 4.79 Å². The van der Waals surface area contributed by atoms with E-state index < -0.39 is 0 Å². The molecule has 0 aliphatic heterocycles. The minimum Gasteiger partial charge on any atom is -0.355 e. The molecule has 4 heteroatoms. The Balaban J connectivity index is 1.68. The fourth-order valence-electron chi connectivity index (χ4n) is 1.77. The van der Waals surface area contributed by atoms with E-state index in [2.05, 4.69) is 48.7 Å². The van der Waals surface area contributed by atoms with E-state index in [0.717, 1.165) is 24.0 Å². The molecular formula is C16H24N2OS. The number of amides is 1. The van der Waals surface area contributed by atoms with Crippen molar-refractivity contribution in [2.45, 2.75) is 44.2 Å². The molecule has 1 aliphatic carbocycles. The standard InChI is InChI=1S/C16H24N2OS/c1-12(2)9-18-16(19)11-20-15-7-3-13(4-8-15)10-17-14-5-6-14/h3-4,7-8,12,14,17H,5-6,9-11H2,1-2H3,(H,18,19). The predicted octanol–water partition coefficient (Wildman–Crippen LogP) is 2.80. The summed E-state index contributed by atoms with van der Waals surface area (Å²) in [6, 6.07) is 9.23. The molecule has 2 rings (SSSR count). The van der Waals surface area contributed by atoms with E-state index >= 15 is 0 Å². The van der Waals surface area contributed by atoms with Crippen LogP contribution in [0.25, 0.3) is 0 Å². The number of carbonyl (C=O) groups is 1. The van der Waals surface area contributed by atoms with Gasteiger partial charge in [0.15, 0.2) is 0 Å². The van der Waals surface area contributed by atoms with E-state index in [1.54, 1.807) is 11.8 Å². The van der Waals surface area contributed by atoms with E-state index in [-0.39, 0.29) is 5.91 Å². The molecule has 1 aliphatic rings. The first kappa shape index (κ1) is 15.4. The fraction of sp³-hybridized carbons (Fsp3) is 0.562. The summed E-state index contributed by atoms with van der Waals surface area (Å²) < 4.78 is 0. The van der Waals surface area contributed by atoms with Gasteiger partial charge in [0, 0.05) is 24.0 Å². The summed E-state index contributed by atoms with van der Waals surface area (Å²) in [5.74, 6) is 1.11. The highest BCUT2D eigenvalue weighted by Gasteiger charge is 2.19. The number of rotatable bonds is 8. The van der Waals surface area contributed by atoms with Crippen molar-refractivity contribution in [1.29, 1.82) is 0 Å². The van der Waals surface area contributed by atoms with Gasteiger partial charge in [-0.05, 0) is 36.5 Å². The first-order valence-electron chi connectivity index (χ1n) is 7.35. The number of hydrogen-bond donors (Lipinski definition) is 2. The molecule has 0 saturated heterocycles. The second kappa shape index (κ2) is 7.70. The molecule has 0 bridgehead atoms. The summed E-state index contributed by atoms with van der Waals surface area (Å²) in [6.07, 6.45) is 2.64. The Morgan fingerprint density at radius 2 is 2.00 bits per heavy atom. The van der Waals surface area contributed by atoms with Crippen molar-refractivity contribution in [1.82, 2.24) is 10.6 Å². The number of thioether (sulfide) groups is 1. The van der Waals surface area contributed by atoms with Crippen LogP contribution in [0.5, 0.6) is 0 Å². The summed E-state index contributed by atoms with van der Waals surface area (Å²) in [5.41, 5.74) is 1.31. The summed E-state index contributed by atoms with van der Waals surface area (Å²) in [4.78, 5) is 12.8. The SMILES string of the molecule is CC(C)CNC(=O)CSc1ccc(CNC2CC2)cc1. The maximum Gasteiger partial charge on any atom is 0.230 e. The second-order valence-corrected chi connectivity index (χ2v) is 6.83. The molecular weight excluding hydrogens is 268 g/mol. The van der Waals surface area contributed by atoms with Crippen molar-refractivity contribution < 1.29 is 4.79 Å². The third kappa shape index (κ3) is 5.97. The van der Waals surface area contributed by atoms with Gasteiger partial charge >= 0.3 is 0 Å². The van der Waals surface area contributed by atoms with E-state index in [1.165, 1.54) is 18.4 Å². The van der Waals surface area contributed by atoms with Crippen LogP contribution in [0.3, 0.4) is 0 Å². The van der Waals surface area contributed by atoms with Gasteiger partial charge in [-0.15, -0.1) is 11.8 Å². The summed E-state index contributed by atoms with van der Waals surface area (Å²) in [7, 11) is 0. The molecule has 0 radical (unpaired) electrons. The van der Waals surface area contributed by atoms with Crippen molar-refractivity contribution in [3.63, 3.8) is 0 Å². The average Bonchev–Trinajstić information content (AvgIpc) is 3.26. The van der Waals surface area contributed by atoms with Crippen LogP contribution in [0.1, 0.15) is 32.3 Å². The quantitative estimate of drug-likeness (QED) is 0.724. The molecule has 110 valence electrons. The molecule has 1 aromatic rings. The van der Waals surface area contributed by atoms with Gasteiger partial charge in [0.05, 0.1) is 5.75 Å². The van der Waals surface area contributed by atoms with Crippen LogP contribution in [0.4, 0.5) is 0 Å². The lowest BCUT2D eigenvalue weighted by molar-refractivity contribution is -0.118. The molecule has 0 spiro atoms. The van der Waals surface area contributed by atoms with Crippen molar-refractivity contribution in [3.8, 4) is 0 Å². The number of benzene rings is 1. The molecule has 0 unspecified atom stereocenters.